The first-order chi connectivity index (χ1) is 10.5. The molecule has 0 spiro atoms. The number of rotatable bonds is 4. The molecule has 22 heavy (non-hydrogen) atoms. The van der Waals surface area contributed by atoms with E-state index >= 15 is 0 Å². The topological polar surface area (TPSA) is 55.4 Å². The summed E-state index contributed by atoms with van der Waals surface area (Å²) < 4.78 is 33.5. The molecule has 4 bridgehead atoms. The van der Waals surface area contributed by atoms with Gasteiger partial charge in [0.15, 0.2) is 0 Å². The van der Waals surface area contributed by atoms with Gasteiger partial charge in [0.25, 0.3) is 0 Å². The quantitative estimate of drug-likeness (QED) is 0.928. The molecule has 1 N–H and O–H groups in total. The average molecular weight is 321 g/mol. The van der Waals surface area contributed by atoms with Crippen LogP contribution in [0.2, 0.25) is 0 Å². The van der Waals surface area contributed by atoms with E-state index in [1.807, 2.05) is 0 Å². The first-order valence-corrected chi connectivity index (χ1v) is 9.70. The minimum Gasteiger partial charge on any atom is -0.497 e. The standard InChI is InChI=1S/C17H23NO3S/c1-21-15-2-4-16(5-3-15)22(19,20)18-17-13-7-11-6-12(9-13)10-14(17)8-11/h2-5,11-14,17-18H,6-10H2,1H3. The van der Waals surface area contributed by atoms with E-state index in [0.717, 1.165) is 11.8 Å². The summed E-state index contributed by atoms with van der Waals surface area (Å²) in [5, 5.41) is 0. The Morgan fingerprint density at radius 1 is 0.955 bits per heavy atom. The van der Waals surface area contributed by atoms with E-state index in [4.69, 9.17) is 4.74 Å². The fourth-order valence-electron chi connectivity index (χ4n) is 5.12. The number of hydrogen-bond acceptors (Lipinski definition) is 3. The molecule has 0 saturated heterocycles. The van der Waals surface area contributed by atoms with Crippen LogP contribution in [0.15, 0.2) is 29.2 Å². The third-order valence-corrected chi connectivity index (χ3v) is 7.36. The van der Waals surface area contributed by atoms with Crippen molar-refractivity contribution in [3.05, 3.63) is 24.3 Å². The van der Waals surface area contributed by atoms with Gasteiger partial charge in [-0.1, -0.05) is 0 Å². The first kappa shape index (κ1) is 14.5. The van der Waals surface area contributed by atoms with Crippen molar-refractivity contribution in [1.82, 2.24) is 4.72 Å². The summed E-state index contributed by atoms with van der Waals surface area (Å²) in [7, 11) is -1.86. The molecule has 0 aliphatic heterocycles. The van der Waals surface area contributed by atoms with Gasteiger partial charge in [-0.15, -0.1) is 0 Å². The van der Waals surface area contributed by atoms with E-state index < -0.39 is 10.0 Å². The van der Waals surface area contributed by atoms with Gasteiger partial charge in [0.2, 0.25) is 10.0 Å². The fraction of sp³-hybridized carbons (Fsp3) is 0.647. The SMILES string of the molecule is COc1ccc(S(=O)(=O)NC2C3CC4CC(C3)CC2C4)cc1. The van der Waals surface area contributed by atoms with Crippen LogP contribution in [0.25, 0.3) is 0 Å². The molecule has 0 unspecified atom stereocenters. The molecule has 4 aliphatic carbocycles. The van der Waals surface area contributed by atoms with Crippen LogP contribution in [0.1, 0.15) is 32.1 Å². The summed E-state index contributed by atoms with van der Waals surface area (Å²) in [4.78, 5) is 0.335. The summed E-state index contributed by atoms with van der Waals surface area (Å²) in [5.74, 6) is 3.47. The van der Waals surface area contributed by atoms with Crippen molar-refractivity contribution in [1.29, 1.82) is 0 Å². The van der Waals surface area contributed by atoms with Crippen molar-refractivity contribution in [2.24, 2.45) is 23.7 Å². The van der Waals surface area contributed by atoms with Crippen LogP contribution in [-0.2, 0) is 10.0 Å². The molecule has 0 heterocycles. The van der Waals surface area contributed by atoms with Gasteiger partial charge in [-0.05, 0) is 80.0 Å². The molecular formula is C17H23NO3S. The zero-order valence-corrected chi connectivity index (χ0v) is 13.7. The highest BCUT2D eigenvalue weighted by atomic mass is 32.2. The Balaban J connectivity index is 1.54. The minimum absolute atomic E-state index is 0.139. The van der Waals surface area contributed by atoms with Crippen LogP contribution in [0.4, 0.5) is 0 Å². The van der Waals surface area contributed by atoms with Crippen molar-refractivity contribution in [2.75, 3.05) is 7.11 Å². The number of methoxy groups -OCH3 is 1. The van der Waals surface area contributed by atoms with Crippen molar-refractivity contribution in [3.8, 4) is 5.75 Å². The van der Waals surface area contributed by atoms with E-state index in [0.29, 0.717) is 22.5 Å². The lowest BCUT2D eigenvalue weighted by molar-refractivity contribution is -0.00557. The third kappa shape index (κ3) is 2.44. The molecule has 0 aromatic heterocycles. The van der Waals surface area contributed by atoms with Gasteiger partial charge in [0.05, 0.1) is 12.0 Å². The predicted molar refractivity (Wildman–Crippen MR) is 84.1 cm³/mol. The second kappa shape index (κ2) is 5.24. The summed E-state index contributed by atoms with van der Waals surface area (Å²) >= 11 is 0. The molecule has 0 atom stereocenters. The maximum atomic E-state index is 12.7. The summed E-state index contributed by atoms with van der Waals surface area (Å²) in [6, 6.07) is 6.78. The second-order valence-electron chi connectivity index (χ2n) is 7.25. The van der Waals surface area contributed by atoms with E-state index in [1.54, 1.807) is 31.4 Å². The molecule has 0 radical (unpaired) electrons. The van der Waals surface area contributed by atoms with Crippen LogP contribution < -0.4 is 9.46 Å². The van der Waals surface area contributed by atoms with E-state index in [1.165, 1.54) is 32.1 Å². The molecule has 5 rings (SSSR count). The molecule has 4 saturated carbocycles. The summed E-state index contributed by atoms with van der Waals surface area (Å²) in [6.45, 7) is 0. The van der Waals surface area contributed by atoms with Gasteiger partial charge in [0.1, 0.15) is 5.75 Å². The minimum atomic E-state index is -3.44. The number of benzene rings is 1. The molecular weight excluding hydrogens is 298 g/mol. The number of sulfonamides is 1. The maximum absolute atomic E-state index is 12.7. The summed E-state index contributed by atoms with van der Waals surface area (Å²) in [5.41, 5.74) is 0. The Labute approximate surface area is 132 Å². The van der Waals surface area contributed by atoms with Crippen LogP contribution in [0.3, 0.4) is 0 Å². The number of hydrogen-bond donors (Lipinski definition) is 1. The molecule has 4 nitrogen and oxygen atoms in total. The van der Waals surface area contributed by atoms with Crippen molar-refractivity contribution in [2.45, 2.75) is 43.0 Å². The molecule has 1 aromatic rings. The van der Waals surface area contributed by atoms with Crippen LogP contribution >= 0.6 is 0 Å². The van der Waals surface area contributed by atoms with E-state index in [9.17, 15) is 8.42 Å². The zero-order chi connectivity index (χ0) is 15.3. The van der Waals surface area contributed by atoms with E-state index in [2.05, 4.69) is 4.72 Å². The zero-order valence-electron chi connectivity index (χ0n) is 12.9. The Morgan fingerprint density at radius 2 is 1.50 bits per heavy atom. The highest BCUT2D eigenvalue weighted by Gasteiger charge is 2.49. The van der Waals surface area contributed by atoms with Gasteiger partial charge >= 0.3 is 0 Å². The van der Waals surface area contributed by atoms with E-state index in [-0.39, 0.29) is 6.04 Å². The molecule has 4 aliphatic rings. The molecule has 1 aromatic carbocycles. The van der Waals surface area contributed by atoms with Gasteiger partial charge < -0.3 is 4.74 Å². The normalized spacial score (nSPS) is 36.5. The van der Waals surface area contributed by atoms with Crippen molar-refractivity contribution in [3.63, 3.8) is 0 Å². The highest BCUT2D eigenvalue weighted by molar-refractivity contribution is 7.89. The van der Waals surface area contributed by atoms with Crippen molar-refractivity contribution >= 4 is 10.0 Å². The Morgan fingerprint density at radius 3 is 2.00 bits per heavy atom. The molecule has 0 amide bonds. The van der Waals surface area contributed by atoms with Gasteiger partial charge in [-0.3, -0.25) is 0 Å². The lowest BCUT2D eigenvalue weighted by Gasteiger charge is -2.54. The lowest BCUT2D eigenvalue weighted by Crippen LogP contribution is -2.55. The average Bonchev–Trinajstić information content (AvgIpc) is 2.50. The Hall–Kier alpha value is -1.07. The van der Waals surface area contributed by atoms with Gasteiger partial charge in [-0.25, -0.2) is 13.1 Å². The Kier molecular flexibility index (Phi) is 3.46. The van der Waals surface area contributed by atoms with Crippen LogP contribution in [-0.4, -0.2) is 21.6 Å². The van der Waals surface area contributed by atoms with Crippen LogP contribution in [0, 0.1) is 23.7 Å². The van der Waals surface area contributed by atoms with Crippen molar-refractivity contribution < 1.29 is 13.2 Å². The third-order valence-electron chi connectivity index (χ3n) is 5.89. The maximum Gasteiger partial charge on any atom is 0.240 e. The number of ether oxygens (including phenoxy) is 1. The molecule has 4 fully saturated rings. The number of nitrogens with one attached hydrogen (secondary N) is 1. The summed E-state index contributed by atoms with van der Waals surface area (Å²) in [6.07, 6.45) is 6.22. The van der Waals surface area contributed by atoms with Crippen LogP contribution in [0.5, 0.6) is 5.75 Å². The fourth-order valence-corrected chi connectivity index (χ4v) is 6.49. The first-order valence-electron chi connectivity index (χ1n) is 8.21. The van der Waals surface area contributed by atoms with Gasteiger partial charge in [-0.2, -0.15) is 0 Å². The molecule has 120 valence electrons. The monoisotopic (exact) mass is 321 g/mol. The largest absolute Gasteiger partial charge is 0.497 e. The Bertz CT molecular complexity index is 625. The second-order valence-corrected chi connectivity index (χ2v) is 8.97. The van der Waals surface area contributed by atoms with Gasteiger partial charge in [0, 0.05) is 6.04 Å². The highest BCUT2D eigenvalue weighted by Crippen LogP contribution is 2.53. The smallest absolute Gasteiger partial charge is 0.240 e. The molecule has 5 heteroatoms. The predicted octanol–water partition coefficient (Wildman–Crippen LogP) is 2.80. The lowest BCUT2D eigenvalue weighted by atomic mass is 9.54.